The molecule has 0 amide bonds. The number of para-hydroxylation sites is 2. The second-order valence-corrected chi connectivity index (χ2v) is 18.3. The van der Waals surface area contributed by atoms with Crippen molar-refractivity contribution in [2.45, 2.75) is 107 Å². The van der Waals surface area contributed by atoms with Crippen molar-refractivity contribution in [3.63, 3.8) is 0 Å². The van der Waals surface area contributed by atoms with Gasteiger partial charge in [-0.25, -0.2) is 0 Å². The first-order valence-electron chi connectivity index (χ1n) is 22.3. The van der Waals surface area contributed by atoms with Crippen molar-refractivity contribution in [1.29, 1.82) is 0 Å². The second kappa shape index (κ2) is 14.6. The summed E-state index contributed by atoms with van der Waals surface area (Å²) >= 11 is 0. The molecule has 1 aliphatic carbocycles. The van der Waals surface area contributed by atoms with Crippen molar-refractivity contribution >= 4 is 32.7 Å². The van der Waals surface area contributed by atoms with Gasteiger partial charge in [0.25, 0.3) is 0 Å². The van der Waals surface area contributed by atoms with Gasteiger partial charge in [-0.3, -0.25) is 9.88 Å². The van der Waals surface area contributed by atoms with Crippen LogP contribution in [-0.2, 0) is 17.6 Å². The largest absolute Gasteiger partial charge is 0.364 e. The Hall–Kier alpha value is -3.75. The van der Waals surface area contributed by atoms with Gasteiger partial charge in [0.2, 0.25) is 0 Å². The summed E-state index contributed by atoms with van der Waals surface area (Å²) in [5, 5.41) is 8.35. The zero-order valence-electron chi connectivity index (χ0n) is 33.2. The summed E-state index contributed by atoms with van der Waals surface area (Å²) < 4.78 is 7.55. The first-order chi connectivity index (χ1) is 27.7. The number of aromatic nitrogens is 3. The minimum absolute atomic E-state index is 0.132. The number of allylic oxidation sites excluding steroid dienone is 4. The number of epoxide rings is 1. The van der Waals surface area contributed by atoms with Crippen molar-refractivity contribution in [2.75, 3.05) is 39.3 Å². The number of pyridine rings is 1. The predicted octanol–water partition coefficient (Wildman–Crippen LogP) is 9.41. The lowest BCUT2D eigenvalue weighted by Gasteiger charge is -2.61. The minimum Gasteiger partial charge on any atom is -0.364 e. The molecule has 3 fully saturated rings. The third-order valence-corrected chi connectivity index (χ3v) is 15.4. The summed E-state index contributed by atoms with van der Waals surface area (Å²) in [5.74, 6) is 0.995. The molecule has 2 spiro atoms. The fourth-order valence-electron chi connectivity index (χ4n) is 13.0. The molecule has 7 heteroatoms. The predicted molar refractivity (Wildman–Crippen MR) is 228 cm³/mol. The lowest BCUT2D eigenvalue weighted by Crippen LogP contribution is -2.70. The lowest BCUT2D eigenvalue weighted by atomic mass is 9.49. The highest BCUT2D eigenvalue weighted by molar-refractivity contribution is 6.07. The topological polar surface area (TPSA) is 75.5 Å². The van der Waals surface area contributed by atoms with Crippen molar-refractivity contribution in [3.05, 3.63) is 102 Å². The number of nitrogens with one attached hydrogen (secondary N) is 3. The number of piperidine rings is 1. The monoisotopic (exact) mass is 748 g/mol. The third kappa shape index (κ3) is 5.86. The number of hydrogen-bond acceptors (Lipinski definition) is 5. The van der Waals surface area contributed by atoms with Crippen molar-refractivity contribution in [2.24, 2.45) is 17.3 Å². The van der Waals surface area contributed by atoms with Gasteiger partial charge in [-0.05, 0) is 126 Å². The molecule has 0 radical (unpaired) electrons. The molecule has 2 aromatic carbocycles. The van der Waals surface area contributed by atoms with Crippen LogP contribution < -0.4 is 5.32 Å². The van der Waals surface area contributed by atoms with Gasteiger partial charge < -0.3 is 24.9 Å². The van der Waals surface area contributed by atoms with E-state index in [1.165, 1.54) is 122 Å². The molecule has 292 valence electrons. The average molecular weight is 749 g/mol. The zero-order valence-corrected chi connectivity index (χ0v) is 33.2. The summed E-state index contributed by atoms with van der Waals surface area (Å²) in [4.78, 5) is 18.7. The molecule has 3 aromatic heterocycles. The summed E-state index contributed by atoms with van der Waals surface area (Å²) in [7, 11) is 0. The van der Waals surface area contributed by atoms with Crippen LogP contribution in [0.25, 0.3) is 32.7 Å². The van der Waals surface area contributed by atoms with Gasteiger partial charge in [0.1, 0.15) is 5.60 Å². The molecule has 11 rings (SSSR count). The molecule has 8 heterocycles. The number of hydrogen-bond donors (Lipinski definition) is 3. The van der Waals surface area contributed by atoms with E-state index in [1.807, 2.05) is 6.20 Å². The van der Waals surface area contributed by atoms with Crippen LogP contribution in [0.5, 0.6) is 0 Å². The molecule has 7 nitrogen and oxygen atoms in total. The Morgan fingerprint density at radius 1 is 0.768 bits per heavy atom. The molecule has 3 bridgehead atoms. The second-order valence-electron chi connectivity index (χ2n) is 18.3. The smallest absolute Gasteiger partial charge is 0.111 e. The molecule has 5 aromatic rings. The number of nitrogens with zero attached hydrogens (tertiary/aromatic N) is 3. The van der Waals surface area contributed by atoms with E-state index in [-0.39, 0.29) is 23.2 Å². The van der Waals surface area contributed by atoms with Crippen LogP contribution in [0.3, 0.4) is 0 Å². The van der Waals surface area contributed by atoms with Gasteiger partial charge >= 0.3 is 0 Å². The van der Waals surface area contributed by atoms with E-state index in [2.05, 4.69) is 104 Å². The van der Waals surface area contributed by atoms with E-state index in [0.717, 1.165) is 45.3 Å². The van der Waals surface area contributed by atoms with E-state index < -0.39 is 0 Å². The van der Waals surface area contributed by atoms with Crippen LogP contribution >= 0.6 is 0 Å². The molecule has 1 saturated carbocycles. The first kappa shape index (κ1) is 35.4. The molecule has 5 aliphatic heterocycles. The van der Waals surface area contributed by atoms with Gasteiger partial charge in [0.05, 0.1) is 23.4 Å². The van der Waals surface area contributed by atoms with Crippen LogP contribution in [0, 0.1) is 17.3 Å². The maximum absolute atomic E-state index is 7.55. The van der Waals surface area contributed by atoms with Gasteiger partial charge in [0.15, 0.2) is 0 Å². The molecule has 6 aliphatic rings. The quantitative estimate of drug-likeness (QED) is 0.126. The van der Waals surface area contributed by atoms with Gasteiger partial charge in [-0.15, -0.1) is 0 Å². The van der Waals surface area contributed by atoms with Crippen LogP contribution in [-0.4, -0.2) is 81.8 Å². The van der Waals surface area contributed by atoms with Gasteiger partial charge in [0, 0.05) is 82.5 Å². The summed E-state index contributed by atoms with van der Waals surface area (Å²) in [6, 6.07) is 20.7. The molecule has 56 heavy (non-hydrogen) atoms. The molecule has 8 unspecified atom stereocenters. The Morgan fingerprint density at radius 3 is 2.45 bits per heavy atom. The van der Waals surface area contributed by atoms with Gasteiger partial charge in [-0.2, -0.15) is 0 Å². The summed E-state index contributed by atoms with van der Waals surface area (Å²) in [5.41, 5.74) is 7.91. The van der Waals surface area contributed by atoms with Crippen LogP contribution in [0.1, 0.15) is 93.6 Å². The van der Waals surface area contributed by atoms with Gasteiger partial charge in [-0.1, -0.05) is 60.7 Å². The highest BCUT2D eigenvalue weighted by atomic mass is 16.6. The van der Waals surface area contributed by atoms with E-state index in [1.54, 1.807) is 5.56 Å². The number of H-pyrrole nitrogens is 2. The van der Waals surface area contributed by atoms with Crippen LogP contribution in [0.15, 0.2) is 85.1 Å². The highest BCUT2D eigenvalue weighted by Crippen LogP contribution is 2.68. The van der Waals surface area contributed by atoms with Crippen molar-refractivity contribution in [3.8, 4) is 0 Å². The number of rotatable bonds is 4. The Bertz CT molecular complexity index is 2270. The third-order valence-electron chi connectivity index (χ3n) is 15.4. The minimum atomic E-state index is -0.132. The Morgan fingerprint density at radius 2 is 1.55 bits per heavy atom. The van der Waals surface area contributed by atoms with E-state index in [9.17, 15) is 0 Å². The average Bonchev–Trinajstić information content (AvgIpc) is 3.64. The Kier molecular flexibility index (Phi) is 9.21. The standard InChI is InChI=1S/C49H60N6O/c1-3-7-15-27-51-47-48(25-13-5-1)33-54-29-16-8-4-2-6-14-26-49(47)46(56-49)42(38(48)23-30-54)45-44-37(35-18-10-12-20-40(35)53-44)22-31-55(45)32-24-41-43-36(21-28-50-41)34-17-9-11-19-39(34)52-43/h1-2,5-6,9-12,17-21,28,38,42,45-47,51-53H,3-4,7-8,13-16,22-27,29-33H2. The van der Waals surface area contributed by atoms with Crippen LogP contribution in [0.2, 0.25) is 0 Å². The lowest BCUT2D eigenvalue weighted by molar-refractivity contribution is -0.0931. The summed E-state index contributed by atoms with van der Waals surface area (Å²) in [6.07, 6.45) is 27.7. The maximum Gasteiger partial charge on any atom is 0.111 e. The number of benzene rings is 2. The maximum atomic E-state index is 7.55. The number of ether oxygens (including phenoxy) is 1. The molecule has 2 saturated heterocycles. The van der Waals surface area contributed by atoms with Crippen LogP contribution in [0.4, 0.5) is 0 Å². The Labute approximate surface area is 332 Å². The number of aromatic amines is 2. The fraction of sp³-hybridized carbons (Fsp3) is 0.531. The van der Waals surface area contributed by atoms with E-state index in [4.69, 9.17) is 9.72 Å². The molecular formula is C49H60N6O. The fourth-order valence-corrected chi connectivity index (χ4v) is 13.0. The normalized spacial score (nSPS) is 33.9. The molecule has 8 atom stereocenters. The Balaban J connectivity index is 1.04. The van der Waals surface area contributed by atoms with Crippen molar-refractivity contribution < 1.29 is 4.74 Å². The molecule has 3 N–H and O–H groups in total. The van der Waals surface area contributed by atoms with E-state index >= 15 is 0 Å². The molecular weight excluding hydrogens is 689 g/mol. The summed E-state index contributed by atoms with van der Waals surface area (Å²) in [6.45, 7) is 6.77. The van der Waals surface area contributed by atoms with Crippen molar-refractivity contribution in [1.82, 2.24) is 30.1 Å². The SMILES string of the molecule is C1=CCCC23CN4CCCCC=CCCC5(OC5C(C5c6[nH]c7ccccc7c6CCN5CCc5nccc6c5[nH]c5ccccc56)C2CC4)C3NCCCC1. The zero-order chi connectivity index (χ0) is 37.1. The first-order valence-corrected chi connectivity index (χ1v) is 22.3. The number of fused-ring (bicyclic) bond motifs is 7. The highest BCUT2D eigenvalue weighted by Gasteiger charge is 2.76. The van der Waals surface area contributed by atoms with E-state index in [0.29, 0.717) is 17.9 Å².